The van der Waals surface area contributed by atoms with Crippen LogP contribution in [0.25, 0.3) is 0 Å². The largest absolute Gasteiger partial charge is 0.508 e. The summed E-state index contributed by atoms with van der Waals surface area (Å²) in [6.45, 7) is 3.05. The summed E-state index contributed by atoms with van der Waals surface area (Å²) >= 11 is 0. The predicted molar refractivity (Wildman–Crippen MR) is 132 cm³/mol. The SMILES string of the molecule is CCC1OC23CCC(N(C)C(=O)c4ccccc4)C1C21CCN(CCF)C3Cc2ccc(O)cc21. The number of carbonyl (C=O) groups excluding carboxylic acids is 1. The number of phenolic OH excluding ortho intramolecular Hbond substituents is 1. The van der Waals surface area contributed by atoms with Crippen LogP contribution in [0, 0.1) is 5.92 Å². The van der Waals surface area contributed by atoms with Gasteiger partial charge in [0.05, 0.1) is 11.7 Å². The first-order valence-electron chi connectivity index (χ1n) is 13.1. The molecular weight excluding hydrogens is 443 g/mol. The van der Waals surface area contributed by atoms with Crippen LogP contribution in [0.2, 0.25) is 0 Å². The summed E-state index contributed by atoms with van der Waals surface area (Å²) in [5.41, 5.74) is 2.41. The highest BCUT2D eigenvalue weighted by atomic mass is 19.1. The Kier molecular flexibility index (Phi) is 5.46. The molecule has 0 spiro atoms. The van der Waals surface area contributed by atoms with Gasteiger partial charge in [0.15, 0.2) is 0 Å². The van der Waals surface area contributed by atoms with Crippen LogP contribution in [0.5, 0.6) is 5.75 Å². The number of rotatable bonds is 5. The number of phenols is 1. The van der Waals surface area contributed by atoms with Gasteiger partial charge in [-0.1, -0.05) is 31.2 Å². The van der Waals surface area contributed by atoms with Gasteiger partial charge in [-0.25, -0.2) is 4.39 Å². The minimum atomic E-state index is -0.417. The van der Waals surface area contributed by atoms with Crippen molar-refractivity contribution in [3.05, 3.63) is 65.2 Å². The van der Waals surface area contributed by atoms with Crippen LogP contribution < -0.4 is 0 Å². The van der Waals surface area contributed by atoms with E-state index in [1.54, 1.807) is 6.07 Å². The lowest BCUT2D eigenvalue weighted by Gasteiger charge is -2.65. The second kappa shape index (κ2) is 8.31. The molecule has 2 aromatic rings. The van der Waals surface area contributed by atoms with Crippen molar-refractivity contribution in [1.29, 1.82) is 0 Å². The van der Waals surface area contributed by atoms with Gasteiger partial charge in [0, 0.05) is 42.6 Å². The van der Waals surface area contributed by atoms with Crippen LogP contribution in [-0.2, 0) is 16.6 Å². The van der Waals surface area contributed by atoms with Gasteiger partial charge in [-0.3, -0.25) is 9.69 Å². The fourth-order valence-electron chi connectivity index (χ4n) is 8.42. The van der Waals surface area contributed by atoms with Gasteiger partial charge in [-0.05, 0) is 74.0 Å². The smallest absolute Gasteiger partial charge is 0.253 e. The Morgan fingerprint density at radius 3 is 2.77 bits per heavy atom. The predicted octanol–water partition coefficient (Wildman–Crippen LogP) is 4.33. The number of piperidine rings is 1. The summed E-state index contributed by atoms with van der Waals surface area (Å²) in [5.74, 6) is 0.440. The van der Waals surface area contributed by atoms with Crippen molar-refractivity contribution in [2.45, 2.75) is 68.2 Å². The molecule has 2 saturated heterocycles. The second-order valence-corrected chi connectivity index (χ2v) is 10.9. The fourth-order valence-corrected chi connectivity index (χ4v) is 8.42. The first-order chi connectivity index (χ1) is 17.0. The van der Waals surface area contributed by atoms with Gasteiger partial charge < -0.3 is 14.7 Å². The molecule has 1 saturated carbocycles. The molecule has 2 aliphatic carbocycles. The molecule has 3 fully saturated rings. The van der Waals surface area contributed by atoms with E-state index in [-0.39, 0.29) is 47.9 Å². The third kappa shape index (κ3) is 3.02. The Hall–Kier alpha value is -2.44. The maximum Gasteiger partial charge on any atom is 0.253 e. The second-order valence-electron chi connectivity index (χ2n) is 10.9. The van der Waals surface area contributed by atoms with Gasteiger partial charge in [0.1, 0.15) is 12.4 Å². The highest BCUT2D eigenvalue weighted by Gasteiger charge is 2.75. The topological polar surface area (TPSA) is 53.0 Å². The molecule has 6 atom stereocenters. The van der Waals surface area contributed by atoms with Crippen molar-refractivity contribution in [2.24, 2.45) is 5.92 Å². The van der Waals surface area contributed by atoms with Crippen molar-refractivity contribution in [3.8, 4) is 5.75 Å². The highest BCUT2D eigenvalue weighted by Crippen LogP contribution is 2.68. The van der Waals surface area contributed by atoms with E-state index >= 15 is 0 Å². The molecule has 4 bridgehead atoms. The number of hydrogen-bond donors (Lipinski definition) is 1. The van der Waals surface area contributed by atoms with Gasteiger partial charge in [-0.2, -0.15) is 0 Å². The molecule has 5 nitrogen and oxygen atoms in total. The third-order valence-corrected chi connectivity index (χ3v) is 9.68. The van der Waals surface area contributed by atoms with Gasteiger partial charge in [-0.15, -0.1) is 0 Å². The average molecular weight is 479 g/mol. The molecule has 6 rings (SSSR count). The van der Waals surface area contributed by atoms with Crippen molar-refractivity contribution in [3.63, 3.8) is 0 Å². The number of carbonyl (C=O) groups is 1. The number of hydrogen-bond acceptors (Lipinski definition) is 4. The van der Waals surface area contributed by atoms with E-state index in [1.165, 1.54) is 11.1 Å². The van der Waals surface area contributed by atoms with Crippen LogP contribution in [0.15, 0.2) is 48.5 Å². The molecule has 2 aliphatic heterocycles. The lowest BCUT2D eigenvalue weighted by atomic mass is 9.45. The van der Waals surface area contributed by atoms with Crippen LogP contribution >= 0.6 is 0 Å². The lowest BCUT2D eigenvalue weighted by Crippen LogP contribution is -2.74. The van der Waals surface area contributed by atoms with E-state index in [4.69, 9.17) is 4.74 Å². The monoisotopic (exact) mass is 478 g/mol. The molecular formula is C29H35FN2O3. The lowest BCUT2D eigenvalue weighted by molar-refractivity contribution is -0.161. The molecule has 2 aromatic carbocycles. The summed E-state index contributed by atoms with van der Waals surface area (Å²) < 4.78 is 20.8. The minimum absolute atomic E-state index is 0.00893. The Morgan fingerprint density at radius 2 is 2.03 bits per heavy atom. The molecule has 186 valence electrons. The first kappa shape index (κ1) is 23.0. The standard InChI is InChI=1S/C29H35FN2O3/c1-3-24-26-23(31(2)27(34)19-7-5-4-6-8-19)11-12-29(35-24)25-17-20-9-10-21(33)18-22(20)28(26,29)13-15-32(25)16-14-30/h4-10,18,23-26,33H,3,11-17H2,1-2H3. The summed E-state index contributed by atoms with van der Waals surface area (Å²) in [5, 5.41) is 10.6. The number of benzene rings is 2. The normalized spacial score (nSPS) is 35.3. The quantitative estimate of drug-likeness (QED) is 0.695. The van der Waals surface area contributed by atoms with Crippen molar-refractivity contribution in [2.75, 3.05) is 26.8 Å². The Labute approximate surface area is 206 Å². The van der Waals surface area contributed by atoms with E-state index in [9.17, 15) is 14.3 Å². The number of aromatic hydroxyl groups is 1. The number of likely N-dealkylation sites (tertiary alicyclic amines) is 1. The molecule has 6 heteroatoms. The Bertz CT molecular complexity index is 1130. The van der Waals surface area contributed by atoms with Crippen LogP contribution in [0.3, 0.4) is 0 Å². The number of amides is 1. The maximum atomic E-state index is 13.6. The zero-order valence-corrected chi connectivity index (χ0v) is 20.6. The van der Waals surface area contributed by atoms with Crippen LogP contribution in [0.4, 0.5) is 4.39 Å². The number of halogens is 1. The fraction of sp³-hybridized carbons (Fsp3) is 0.552. The van der Waals surface area contributed by atoms with E-state index in [1.807, 2.05) is 54.4 Å². The van der Waals surface area contributed by atoms with E-state index in [2.05, 4.69) is 11.8 Å². The number of ether oxygens (including phenoxy) is 1. The minimum Gasteiger partial charge on any atom is -0.508 e. The van der Waals surface area contributed by atoms with Gasteiger partial charge in [0.2, 0.25) is 0 Å². The summed E-state index contributed by atoms with van der Waals surface area (Å²) in [6, 6.07) is 15.4. The molecule has 1 amide bonds. The molecule has 1 N–H and O–H groups in total. The number of alkyl halides is 1. The van der Waals surface area contributed by atoms with Gasteiger partial charge in [0.25, 0.3) is 5.91 Å². The molecule has 0 aromatic heterocycles. The molecule has 4 aliphatic rings. The van der Waals surface area contributed by atoms with Crippen molar-refractivity contribution >= 4 is 5.91 Å². The molecule has 35 heavy (non-hydrogen) atoms. The van der Waals surface area contributed by atoms with Crippen LogP contribution in [0.1, 0.15) is 54.1 Å². The number of nitrogens with zero attached hydrogens (tertiary/aromatic N) is 2. The van der Waals surface area contributed by atoms with E-state index < -0.39 is 5.60 Å². The van der Waals surface area contributed by atoms with E-state index in [0.29, 0.717) is 12.1 Å². The van der Waals surface area contributed by atoms with Gasteiger partial charge >= 0.3 is 0 Å². The van der Waals surface area contributed by atoms with Crippen molar-refractivity contribution in [1.82, 2.24) is 9.80 Å². The van der Waals surface area contributed by atoms with E-state index in [0.717, 1.165) is 38.6 Å². The molecule has 6 unspecified atom stereocenters. The third-order valence-electron chi connectivity index (χ3n) is 9.68. The summed E-state index contributed by atoms with van der Waals surface area (Å²) in [7, 11) is 1.94. The van der Waals surface area contributed by atoms with Crippen LogP contribution in [-0.4, -0.2) is 71.4 Å². The zero-order valence-electron chi connectivity index (χ0n) is 20.6. The number of fused-ring (bicyclic) bond motifs is 1. The average Bonchev–Trinajstić information content (AvgIpc) is 3.08. The summed E-state index contributed by atoms with van der Waals surface area (Å²) in [4.78, 5) is 17.8. The summed E-state index contributed by atoms with van der Waals surface area (Å²) in [6.07, 6.45) is 4.23. The highest BCUT2D eigenvalue weighted by molar-refractivity contribution is 5.94. The Balaban J connectivity index is 1.50. The molecule has 2 heterocycles. The van der Waals surface area contributed by atoms with Crippen molar-refractivity contribution < 1.29 is 19.0 Å². The Morgan fingerprint density at radius 1 is 1.23 bits per heavy atom. The molecule has 0 radical (unpaired) electrons. The maximum absolute atomic E-state index is 13.6. The zero-order chi connectivity index (χ0) is 24.4. The first-order valence-corrected chi connectivity index (χ1v) is 13.1.